The lowest BCUT2D eigenvalue weighted by molar-refractivity contribution is 0.00773. The molecule has 0 amide bonds. The highest BCUT2D eigenvalue weighted by molar-refractivity contribution is 5.29. The van der Waals surface area contributed by atoms with Gasteiger partial charge in [0.2, 0.25) is 0 Å². The Bertz CT molecular complexity index is 719. The first-order valence-corrected chi connectivity index (χ1v) is 10.6. The van der Waals surface area contributed by atoms with E-state index in [1.807, 2.05) is 0 Å². The second-order valence-electron chi connectivity index (χ2n) is 7.77. The van der Waals surface area contributed by atoms with Gasteiger partial charge in [-0.15, -0.1) is 0 Å². The number of nitrogens with zero attached hydrogens (tertiary/aromatic N) is 1. The molecule has 2 aromatic carbocycles. The molecule has 0 saturated carbocycles. The van der Waals surface area contributed by atoms with E-state index in [2.05, 4.69) is 65.7 Å². The normalized spacial score (nSPS) is 15.4. The second-order valence-corrected chi connectivity index (χ2v) is 7.77. The van der Waals surface area contributed by atoms with E-state index in [-0.39, 0.29) is 0 Å². The molecule has 4 nitrogen and oxygen atoms in total. The van der Waals surface area contributed by atoms with Crippen LogP contribution in [-0.4, -0.2) is 42.4 Å². The summed E-state index contributed by atoms with van der Waals surface area (Å²) < 4.78 is 5.79. The molecule has 1 atom stereocenters. The Hall–Kier alpha value is -1.72. The minimum absolute atomic E-state index is 0.372. The fourth-order valence-corrected chi connectivity index (χ4v) is 3.74. The second kappa shape index (κ2) is 11.3. The highest BCUT2D eigenvalue weighted by Crippen LogP contribution is 2.18. The molecule has 0 radical (unpaired) electrons. The summed E-state index contributed by atoms with van der Waals surface area (Å²) in [6.45, 7) is 7.66. The molecular weight excluding hydrogens is 348 g/mol. The fourth-order valence-electron chi connectivity index (χ4n) is 3.74. The number of hydrogen-bond donors (Lipinski definition) is 2. The van der Waals surface area contributed by atoms with Crippen molar-refractivity contribution in [1.29, 1.82) is 0 Å². The van der Waals surface area contributed by atoms with E-state index in [0.717, 1.165) is 38.2 Å². The van der Waals surface area contributed by atoms with Gasteiger partial charge in [0, 0.05) is 26.2 Å². The van der Waals surface area contributed by atoms with Gasteiger partial charge in [-0.25, -0.2) is 0 Å². The first-order chi connectivity index (χ1) is 13.7. The summed E-state index contributed by atoms with van der Waals surface area (Å²) in [6.07, 6.45) is 3.03. The average molecular weight is 383 g/mol. The molecule has 2 N–H and O–H groups in total. The van der Waals surface area contributed by atoms with E-state index in [0.29, 0.717) is 19.8 Å². The molecule has 28 heavy (non-hydrogen) atoms. The zero-order valence-corrected chi connectivity index (χ0v) is 17.1. The van der Waals surface area contributed by atoms with Crippen molar-refractivity contribution in [3.8, 4) is 0 Å². The standard InChI is InChI=1S/C24H34N2O2/c1-2-3-12-25-15-20-7-6-8-21(14-20)18-28-19-24(27)17-26-13-11-22-9-4-5-10-23(22)16-26/h4-10,14,24-25,27H,2-3,11-13,15-19H2,1H3. The van der Waals surface area contributed by atoms with E-state index >= 15 is 0 Å². The zero-order valence-electron chi connectivity index (χ0n) is 17.1. The Morgan fingerprint density at radius 2 is 1.93 bits per heavy atom. The van der Waals surface area contributed by atoms with Gasteiger partial charge in [-0.1, -0.05) is 61.9 Å². The molecular formula is C24H34N2O2. The van der Waals surface area contributed by atoms with Crippen molar-refractivity contribution in [1.82, 2.24) is 10.2 Å². The predicted molar refractivity (Wildman–Crippen MR) is 114 cm³/mol. The minimum Gasteiger partial charge on any atom is -0.389 e. The van der Waals surface area contributed by atoms with E-state index < -0.39 is 6.10 Å². The van der Waals surface area contributed by atoms with Crippen molar-refractivity contribution in [3.05, 3.63) is 70.8 Å². The molecule has 0 fully saturated rings. The van der Waals surface area contributed by atoms with Gasteiger partial charge in [0.25, 0.3) is 0 Å². The highest BCUT2D eigenvalue weighted by Gasteiger charge is 2.18. The molecule has 1 heterocycles. The van der Waals surface area contributed by atoms with Crippen LogP contribution in [-0.2, 0) is 30.9 Å². The van der Waals surface area contributed by atoms with Crippen molar-refractivity contribution in [2.75, 3.05) is 26.2 Å². The number of unbranched alkanes of at least 4 members (excludes halogenated alkanes) is 1. The Kier molecular flexibility index (Phi) is 8.49. The number of aliphatic hydroxyl groups excluding tert-OH is 1. The Morgan fingerprint density at radius 3 is 2.79 bits per heavy atom. The smallest absolute Gasteiger partial charge is 0.0900 e. The zero-order chi connectivity index (χ0) is 19.6. The van der Waals surface area contributed by atoms with Gasteiger partial charge in [-0.2, -0.15) is 0 Å². The van der Waals surface area contributed by atoms with E-state index in [1.54, 1.807) is 0 Å². The predicted octanol–water partition coefficient (Wildman–Crippen LogP) is 3.51. The van der Waals surface area contributed by atoms with Crippen molar-refractivity contribution in [2.24, 2.45) is 0 Å². The van der Waals surface area contributed by atoms with Gasteiger partial charge >= 0.3 is 0 Å². The topological polar surface area (TPSA) is 44.7 Å². The summed E-state index contributed by atoms with van der Waals surface area (Å²) in [4.78, 5) is 2.32. The van der Waals surface area contributed by atoms with E-state index in [9.17, 15) is 5.11 Å². The van der Waals surface area contributed by atoms with Crippen molar-refractivity contribution in [2.45, 2.75) is 52.0 Å². The highest BCUT2D eigenvalue weighted by atomic mass is 16.5. The van der Waals surface area contributed by atoms with Crippen LogP contribution in [0.3, 0.4) is 0 Å². The molecule has 152 valence electrons. The Labute approximate surface area is 169 Å². The van der Waals surface area contributed by atoms with Crippen LogP contribution in [0.2, 0.25) is 0 Å². The lowest BCUT2D eigenvalue weighted by Crippen LogP contribution is -2.38. The summed E-state index contributed by atoms with van der Waals surface area (Å²) in [7, 11) is 0. The maximum absolute atomic E-state index is 10.4. The van der Waals surface area contributed by atoms with Crippen molar-refractivity contribution < 1.29 is 9.84 Å². The molecule has 0 aromatic heterocycles. The van der Waals surface area contributed by atoms with Gasteiger partial charge < -0.3 is 15.2 Å². The molecule has 2 aromatic rings. The van der Waals surface area contributed by atoms with Crippen molar-refractivity contribution >= 4 is 0 Å². The third-order valence-corrected chi connectivity index (χ3v) is 5.29. The van der Waals surface area contributed by atoms with Crippen molar-refractivity contribution in [3.63, 3.8) is 0 Å². The quantitative estimate of drug-likeness (QED) is 0.584. The van der Waals surface area contributed by atoms with Crippen LogP contribution in [0.25, 0.3) is 0 Å². The number of ether oxygens (including phenoxy) is 1. The number of fused-ring (bicyclic) bond motifs is 1. The molecule has 1 aliphatic rings. The maximum atomic E-state index is 10.4. The van der Waals surface area contributed by atoms with Crippen LogP contribution in [0.5, 0.6) is 0 Å². The van der Waals surface area contributed by atoms with Crippen LogP contribution in [0.15, 0.2) is 48.5 Å². The van der Waals surface area contributed by atoms with Gasteiger partial charge in [-0.3, -0.25) is 4.90 Å². The molecule has 0 spiro atoms. The maximum Gasteiger partial charge on any atom is 0.0900 e. The lowest BCUT2D eigenvalue weighted by atomic mass is 10.00. The minimum atomic E-state index is -0.454. The summed E-state index contributed by atoms with van der Waals surface area (Å²) >= 11 is 0. The number of nitrogens with one attached hydrogen (secondary N) is 1. The summed E-state index contributed by atoms with van der Waals surface area (Å²) in [5.74, 6) is 0. The summed E-state index contributed by atoms with van der Waals surface area (Å²) in [5.41, 5.74) is 5.26. The number of rotatable bonds is 11. The van der Waals surface area contributed by atoms with Gasteiger partial charge in [0.1, 0.15) is 0 Å². The molecule has 1 unspecified atom stereocenters. The molecule has 0 saturated heterocycles. The number of benzene rings is 2. The Balaban J connectivity index is 1.37. The first kappa shape index (κ1) is 21.0. The molecule has 1 aliphatic heterocycles. The van der Waals surface area contributed by atoms with E-state index in [4.69, 9.17) is 4.74 Å². The van der Waals surface area contributed by atoms with Crippen LogP contribution in [0.4, 0.5) is 0 Å². The average Bonchev–Trinajstić information content (AvgIpc) is 2.71. The fraction of sp³-hybridized carbons (Fsp3) is 0.500. The summed E-state index contributed by atoms with van der Waals surface area (Å²) in [5, 5.41) is 13.8. The van der Waals surface area contributed by atoms with Crippen LogP contribution >= 0.6 is 0 Å². The van der Waals surface area contributed by atoms with Gasteiger partial charge in [-0.05, 0) is 41.6 Å². The number of aliphatic hydroxyl groups is 1. The molecule has 4 heteroatoms. The third kappa shape index (κ3) is 6.71. The lowest BCUT2D eigenvalue weighted by Gasteiger charge is -2.30. The van der Waals surface area contributed by atoms with Gasteiger partial charge in [0.15, 0.2) is 0 Å². The van der Waals surface area contributed by atoms with Gasteiger partial charge in [0.05, 0.1) is 19.3 Å². The van der Waals surface area contributed by atoms with E-state index in [1.165, 1.54) is 29.5 Å². The largest absolute Gasteiger partial charge is 0.389 e. The number of β-amino-alcohol motifs (C(OH)–C–C–N with tert-alkyl or cyclic N) is 1. The van der Waals surface area contributed by atoms with Crippen LogP contribution in [0, 0.1) is 0 Å². The molecule has 3 rings (SSSR count). The third-order valence-electron chi connectivity index (χ3n) is 5.29. The SMILES string of the molecule is CCCCNCc1cccc(COCC(O)CN2CCc3ccccc3C2)c1. The molecule has 0 bridgehead atoms. The monoisotopic (exact) mass is 382 g/mol. The molecule has 0 aliphatic carbocycles. The van der Waals surface area contributed by atoms with Crippen LogP contribution < -0.4 is 5.32 Å². The Morgan fingerprint density at radius 1 is 1.11 bits per heavy atom. The summed E-state index contributed by atoms with van der Waals surface area (Å²) in [6, 6.07) is 17.1. The van der Waals surface area contributed by atoms with Crippen LogP contribution in [0.1, 0.15) is 42.0 Å². The number of hydrogen-bond acceptors (Lipinski definition) is 4. The first-order valence-electron chi connectivity index (χ1n) is 10.6.